The van der Waals surface area contributed by atoms with Gasteiger partial charge in [-0.05, 0) is 38.8 Å². The Morgan fingerprint density at radius 1 is 1.00 bits per heavy atom. The van der Waals surface area contributed by atoms with Crippen LogP contribution in [-0.2, 0) is 0 Å². The molecule has 2 aliphatic heterocycles. The lowest BCUT2D eigenvalue weighted by molar-refractivity contribution is 0.162. The SMILES string of the molecule is CC(N1C=CN(C)C1)C(Br)(Br)N1C=CN(C)C1. The summed E-state index contributed by atoms with van der Waals surface area (Å²) in [5.41, 5.74) is 0. The van der Waals surface area contributed by atoms with Gasteiger partial charge in [0.1, 0.15) is 0 Å². The molecule has 0 aromatic carbocycles. The van der Waals surface area contributed by atoms with Gasteiger partial charge in [0, 0.05) is 38.9 Å². The number of rotatable bonds is 3. The summed E-state index contributed by atoms with van der Waals surface area (Å²) in [4.78, 5) is 8.86. The maximum absolute atomic E-state index is 3.80. The first-order chi connectivity index (χ1) is 7.91. The molecular formula is C11H18Br2N4. The van der Waals surface area contributed by atoms with Crippen LogP contribution in [0.1, 0.15) is 6.92 Å². The monoisotopic (exact) mass is 364 g/mol. The van der Waals surface area contributed by atoms with E-state index in [1.807, 2.05) is 0 Å². The second kappa shape index (κ2) is 4.72. The quantitative estimate of drug-likeness (QED) is 0.561. The highest BCUT2D eigenvalue weighted by Gasteiger charge is 2.40. The van der Waals surface area contributed by atoms with Crippen LogP contribution in [0.5, 0.6) is 0 Å². The summed E-state index contributed by atoms with van der Waals surface area (Å²) in [6.45, 7) is 4.01. The molecule has 0 saturated carbocycles. The number of halogens is 2. The molecule has 0 aliphatic carbocycles. The van der Waals surface area contributed by atoms with E-state index in [2.05, 4.69) is 97.3 Å². The van der Waals surface area contributed by atoms with Crippen molar-refractivity contribution in [2.75, 3.05) is 27.4 Å². The Morgan fingerprint density at radius 3 is 2.06 bits per heavy atom. The van der Waals surface area contributed by atoms with Gasteiger partial charge in [-0.15, -0.1) is 0 Å². The van der Waals surface area contributed by atoms with Crippen LogP contribution in [0.15, 0.2) is 24.8 Å². The molecule has 0 aromatic rings. The third-order valence-electron chi connectivity index (χ3n) is 3.16. The van der Waals surface area contributed by atoms with E-state index in [1.165, 1.54) is 0 Å². The predicted octanol–water partition coefficient (Wildman–Crippen LogP) is 2.17. The molecular weight excluding hydrogens is 348 g/mol. The van der Waals surface area contributed by atoms with Crippen LogP contribution in [0.4, 0.5) is 0 Å². The van der Waals surface area contributed by atoms with Crippen molar-refractivity contribution >= 4 is 31.9 Å². The average molecular weight is 366 g/mol. The zero-order chi connectivity index (χ0) is 12.6. The van der Waals surface area contributed by atoms with Gasteiger partial charge in [0.25, 0.3) is 0 Å². The molecule has 0 bridgehead atoms. The molecule has 2 rings (SSSR count). The zero-order valence-electron chi connectivity index (χ0n) is 10.3. The summed E-state index contributed by atoms with van der Waals surface area (Å²) in [6.07, 6.45) is 8.41. The third kappa shape index (κ3) is 2.57. The van der Waals surface area contributed by atoms with E-state index in [4.69, 9.17) is 0 Å². The summed E-state index contributed by atoms with van der Waals surface area (Å²) in [7, 11) is 4.15. The van der Waals surface area contributed by atoms with Crippen molar-refractivity contribution < 1.29 is 0 Å². The lowest BCUT2D eigenvalue weighted by Crippen LogP contribution is -2.51. The fraction of sp³-hybridized carbons (Fsp3) is 0.636. The molecule has 96 valence electrons. The highest BCUT2D eigenvalue weighted by Crippen LogP contribution is 2.39. The topological polar surface area (TPSA) is 13.0 Å². The fourth-order valence-electron chi connectivity index (χ4n) is 1.96. The van der Waals surface area contributed by atoms with Crippen LogP contribution in [-0.4, -0.2) is 56.4 Å². The van der Waals surface area contributed by atoms with Crippen molar-refractivity contribution in [3.8, 4) is 0 Å². The molecule has 2 aliphatic rings. The van der Waals surface area contributed by atoms with E-state index in [0.29, 0.717) is 6.04 Å². The third-order valence-corrected chi connectivity index (χ3v) is 5.39. The second-order valence-electron chi connectivity index (χ2n) is 4.64. The molecule has 4 nitrogen and oxygen atoms in total. The van der Waals surface area contributed by atoms with Crippen LogP contribution in [0.2, 0.25) is 0 Å². The van der Waals surface area contributed by atoms with Gasteiger partial charge in [-0.25, -0.2) is 0 Å². The summed E-state index contributed by atoms with van der Waals surface area (Å²) in [5.74, 6) is 0. The smallest absolute Gasteiger partial charge is 0.172 e. The van der Waals surface area contributed by atoms with E-state index in [-0.39, 0.29) is 3.36 Å². The van der Waals surface area contributed by atoms with Gasteiger partial charge in [0.05, 0.1) is 19.4 Å². The molecule has 2 heterocycles. The minimum atomic E-state index is -0.253. The number of alkyl halides is 2. The number of hydrogen-bond donors (Lipinski definition) is 0. The molecule has 0 radical (unpaired) electrons. The minimum Gasteiger partial charge on any atom is -0.362 e. The Labute approximate surface area is 120 Å². The number of hydrogen-bond acceptors (Lipinski definition) is 4. The molecule has 6 heteroatoms. The highest BCUT2D eigenvalue weighted by atomic mass is 79.9. The maximum Gasteiger partial charge on any atom is 0.172 e. The van der Waals surface area contributed by atoms with Gasteiger partial charge in [0.2, 0.25) is 0 Å². The van der Waals surface area contributed by atoms with Gasteiger partial charge in [0.15, 0.2) is 3.36 Å². The Morgan fingerprint density at radius 2 is 1.59 bits per heavy atom. The molecule has 0 fully saturated rings. The summed E-state index contributed by atoms with van der Waals surface area (Å²) in [5, 5.41) is 0. The molecule has 0 amide bonds. The predicted molar refractivity (Wildman–Crippen MR) is 77.3 cm³/mol. The van der Waals surface area contributed by atoms with Crippen molar-refractivity contribution in [2.24, 2.45) is 0 Å². The first-order valence-corrected chi connectivity index (χ1v) is 7.17. The Kier molecular flexibility index (Phi) is 3.63. The van der Waals surface area contributed by atoms with Gasteiger partial charge in [-0.1, -0.05) is 0 Å². The standard InChI is InChI=1S/C11H18Br2N4/c1-10(16-6-4-14(2)8-16)11(12,13)17-7-5-15(3)9-17/h4-7,10H,8-9H2,1-3H3. The lowest BCUT2D eigenvalue weighted by Gasteiger charge is -2.41. The highest BCUT2D eigenvalue weighted by molar-refractivity contribution is 9.25. The van der Waals surface area contributed by atoms with Gasteiger partial charge >= 0.3 is 0 Å². The number of nitrogens with zero attached hydrogens (tertiary/aromatic N) is 4. The van der Waals surface area contributed by atoms with Crippen molar-refractivity contribution in [3.05, 3.63) is 24.8 Å². The van der Waals surface area contributed by atoms with Crippen LogP contribution in [0.25, 0.3) is 0 Å². The summed E-state index contributed by atoms with van der Waals surface area (Å²) < 4.78 is -0.253. The summed E-state index contributed by atoms with van der Waals surface area (Å²) >= 11 is 7.60. The van der Waals surface area contributed by atoms with Gasteiger partial charge in [-0.3, -0.25) is 0 Å². The Bertz CT molecular complexity index is 342. The average Bonchev–Trinajstić information content (AvgIpc) is 2.86. The molecule has 0 saturated heterocycles. The minimum absolute atomic E-state index is 0.253. The molecule has 1 unspecified atom stereocenters. The van der Waals surface area contributed by atoms with E-state index in [9.17, 15) is 0 Å². The lowest BCUT2D eigenvalue weighted by atomic mass is 10.3. The van der Waals surface area contributed by atoms with Crippen molar-refractivity contribution in [2.45, 2.75) is 16.3 Å². The van der Waals surface area contributed by atoms with Crippen molar-refractivity contribution in [1.82, 2.24) is 19.6 Å². The largest absolute Gasteiger partial charge is 0.362 e. The summed E-state index contributed by atoms with van der Waals surface area (Å²) in [6, 6.07) is 0.305. The van der Waals surface area contributed by atoms with E-state index in [0.717, 1.165) is 13.3 Å². The molecule has 0 spiro atoms. The molecule has 17 heavy (non-hydrogen) atoms. The molecule has 1 atom stereocenters. The Hall–Kier alpha value is -0.360. The first-order valence-electron chi connectivity index (χ1n) is 5.58. The molecule has 0 N–H and O–H groups in total. The Balaban J connectivity index is 2.05. The van der Waals surface area contributed by atoms with Crippen LogP contribution < -0.4 is 0 Å². The second-order valence-corrected chi connectivity index (χ2v) is 8.12. The first kappa shape index (κ1) is 13.1. The van der Waals surface area contributed by atoms with Crippen LogP contribution in [0.3, 0.4) is 0 Å². The van der Waals surface area contributed by atoms with E-state index < -0.39 is 0 Å². The maximum atomic E-state index is 3.80. The van der Waals surface area contributed by atoms with Gasteiger partial charge < -0.3 is 19.6 Å². The molecule has 0 aromatic heterocycles. The van der Waals surface area contributed by atoms with E-state index >= 15 is 0 Å². The zero-order valence-corrected chi connectivity index (χ0v) is 13.5. The normalized spacial score (nSPS) is 21.9. The van der Waals surface area contributed by atoms with Gasteiger partial charge in [-0.2, -0.15) is 0 Å². The van der Waals surface area contributed by atoms with Crippen LogP contribution >= 0.6 is 31.9 Å². The van der Waals surface area contributed by atoms with Crippen molar-refractivity contribution in [1.29, 1.82) is 0 Å². The van der Waals surface area contributed by atoms with Crippen LogP contribution in [0, 0.1) is 0 Å². The van der Waals surface area contributed by atoms with E-state index in [1.54, 1.807) is 0 Å². The van der Waals surface area contributed by atoms with Crippen molar-refractivity contribution in [3.63, 3.8) is 0 Å². The fourth-order valence-corrected chi connectivity index (χ4v) is 2.95.